The molecule has 1 aromatic carbocycles. The zero-order valence-corrected chi connectivity index (χ0v) is 11.5. The van der Waals surface area contributed by atoms with Crippen LogP contribution >= 0.6 is 0 Å². The van der Waals surface area contributed by atoms with E-state index in [2.05, 4.69) is 52.0 Å². The second kappa shape index (κ2) is 6.00. The molecule has 0 N–H and O–H groups in total. The Kier molecular flexibility index (Phi) is 4.92. The van der Waals surface area contributed by atoms with E-state index < -0.39 is 0 Å². The van der Waals surface area contributed by atoms with Gasteiger partial charge in [0, 0.05) is 12.8 Å². The number of rotatable bonds is 5. The van der Waals surface area contributed by atoms with Crippen LogP contribution in [0.3, 0.4) is 0 Å². The van der Waals surface area contributed by atoms with Gasteiger partial charge in [-0.2, -0.15) is 0 Å². The minimum atomic E-state index is 0.125. The van der Waals surface area contributed by atoms with Gasteiger partial charge in [0.1, 0.15) is 5.78 Å². The van der Waals surface area contributed by atoms with Crippen molar-refractivity contribution in [3.05, 3.63) is 35.4 Å². The van der Waals surface area contributed by atoms with Crippen LogP contribution in [-0.4, -0.2) is 5.78 Å². The van der Waals surface area contributed by atoms with Crippen molar-refractivity contribution in [2.24, 2.45) is 5.41 Å². The molecule has 0 aliphatic rings. The average Bonchev–Trinajstić information content (AvgIpc) is 2.14. The van der Waals surface area contributed by atoms with E-state index in [4.69, 9.17) is 0 Å². The number of hydrogen-bond donors (Lipinski definition) is 0. The number of hydrogen-bond acceptors (Lipinski definition) is 1. The third-order valence-electron chi connectivity index (χ3n) is 2.73. The van der Waals surface area contributed by atoms with E-state index in [1.165, 1.54) is 11.1 Å². The fourth-order valence-electron chi connectivity index (χ4n) is 2.04. The maximum absolute atomic E-state index is 11.7. The molecule has 0 spiro atoms. The van der Waals surface area contributed by atoms with Crippen LogP contribution in [0, 0.1) is 12.3 Å². The van der Waals surface area contributed by atoms with E-state index in [1.807, 2.05) is 0 Å². The number of aryl methyl sites for hydroxylation is 2. The Bertz CT molecular complexity index is 371. The van der Waals surface area contributed by atoms with Gasteiger partial charge < -0.3 is 0 Å². The van der Waals surface area contributed by atoms with Crippen LogP contribution in [0.4, 0.5) is 0 Å². The van der Waals surface area contributed by atoms with Crippen LogP contribution in [0.1, 0.15) is 51.2 Å². The molecule has 0 aliphatic carbocycles. The molecular weight excluding hydrogens is 208 g/mol. The molecule has 0 heterocycles. The Morgan fingerprint density at radius 1 is 1.24 bits per heavy atom. The summed E-state index contributed by atoms with van der Waals surface area (Å²) in [7, 11) is 0. The lowest BCUT2D eigenvalue weighted by molar-refractivity contribution is -0.120. The van der Waals surface area contributed by atoms with Gasteiger partial charge in [-0.05, 0) is 30.7 Å². The predicted octanol–water partition coefficient (Wildman–Crippen LogP) is 4.32. The van der Waals surface area contributed by atoms with Crippen LogP contribution in [-0.2, 0) is 11.2 Å². The number of ketones is 1. The quantitative estimate of drug-likeness (QED) is 0.738. The van der Waals surface area contributed by atoms with Crippen LogP contribution < -0.4 is 0 Å². The molecule has 0 unspecified atom stereocenters. The third-order valence-corrected chi connectivity index (χ3v) is 2.73. The van der Waals surface area contributed by atoms with Gasteiger partial charge in [-0.1, -0.05) is 50.6 Å². The third kappa shape index (κ3) is 6.25. The van der Waals surface area contributed by atoms with Crippen molar-refractivity contribution in [2.75, 3.05) is 0 Å². The summed E-state index contributed by atoms with van der Waals surface area (Å²) < 4.78 is 0. The summed E-state index contributed by atoms with van der Waals surface area (Å²) in [5.74, 6) is 0.394. The Labute approximate surface area is 105 Å². The second-order valence-electron chi connectivity index (χ2n) is 6.12. The smallest absolute Gasteiger partial charge is 0.133 e. The zero-order chi connectivity index (χ0) is 12.9. The van der Waals surface area contributed by atoms with Crippen LogP contribution in [0.15, 0.2) is 24.3 Å². The summed E-state index contributed by atoms with van der Waals surface area (Å²) in [5, 5.41) is 0. The fraction of sp³-hybridized carbons (Fsp3) is 0.562. The highest BCUT2D eigenvalue weighted by molar-refractivity contribution is 5.78. The summed E-state index contributed by atoms with van der Waals surface area (Å²) >= 11 is 0. The summed E-state index contributed by atoms with van der Waals surface area (Å²) in [5.41, 5.74) is 2.76. The predicted molar refractivity (Wildman–Crippen MR) is 73.2 cm³/mol. The molecule has 94 valence electrons. The van der Waals surface area contributed by atoms with E-state index in [-0.39, 0.29) is 5.41 Å². The molecule has 1 heteroatoms. The molecule has 0 aliphatic heterocycles. The highest BCUT2D eigenvalue weighted by atomic mass is 16.1. The molecule has 0 aromatic heterocycles. The largest absolute Gasteiger partial charge is 0.300 e. The molecule has 1 aromatic rings. The van der Waals surface area contributed by atoms with Crippen molar-refractivity contribution in [3.8, 4) is 0 Å². The molecule has 1 nitrogen and oxygen atoms in total. The molecule has 17 heavy (non-hydrogen) atoms. The normalized spacial score (nSPS) is 11.5. The van der Waals surface area contributed by atoms with Gasteiger partial charge in [0.25, 0.3) is 0 Å². The van der Waals surface area contributed by atoms with Crippen molar-refractivity contribution in [2.45, 2.75) is 53.4 Å². The van der Waals surface area contributed by atoms with Crippen LogP contribution in [0.25, 0.3) is 0 Å². The minimum absolute atomic E-state index is 0.125. The molecule has 0 radical (unpaired) electrons. The van der Waals surface area contributed by atoms with E-state index in [9.17, 15) is 4.79 Å². The molecule has 0 saturated carbocycles. The zero-order valence-electron chi connectivity index (χ0n) is 11.5. The van der Waals surface area contributed by atoms with Crippen molar-refractivity contribution in [1.82, 2.24) is 0 Å². The monoisotopic (exact) mass is 232 g/mol. The summed E-state index contributed by atoms with van der Waals surface area (Å²) in [4.78, 5) is 11.7. The lowest BCUT2D eigenvalue weighted by atomic mass is 9.88. The topological polar surface area (TPSA) is 17.1 Å². The molecule has 0 saturated heterocycles. The van der Waals surface area contributed by atoms with Gasteiger partial charge in [-0.25, -0.2) is 0 Å². The highest BCUT2D eigenvalue weighted by Gasteiger charge is 2.15. The lowest BCUT2D eigenvalue weighted by Crippen LogP contribution is -2.12. The molecular formula is C16H24O. The maximum Gasteiger partial charge on any atom is 0.133 e. The molecule has 1 rings (SSSR count). The lowest BCUT2D eigenvalue weighted by Gasteiger charge is -2.16. The van der Waals surface area contributed by atoms with Crippen LogP contribution in [0.5, 0.6) is 0 Å². The van der Waals surface area contributed by atoms with Gasteiger partial charge in [0.05, 0.1) is 0 Å². The number of carbonyl (C=O) groups is 1. The van der Waals surface area contributed by atoms with Gasteiger partial charge in [-0.3, -0.25) is 4.79 Å². The van der Waals surface area contributed by atoms with Crippen LogP contribution in [0.2, 0.25) is 0 Å². The Morgan fingerprint density at radius 3 is 2.53 bits per heavy atom. The Hall–Kier alpha value is -1.11. The van der Waals surface area contributed by atoms with E-state index >= 15 is 0 Å². The first-order valence-electron chi connectivity index (χ1n) is 6.44. The summed E-state index contributed by atoms with van der Waals surface area (Å²) in [6, 6.07) is 8.53. The standard InChI is InChI=1S/C16H24O/c1-13-7-5-8-14(11-13)9-6-10-15(17)12-16(2,3)4/h5,7-8,11H,6,9-10,12H2,1-4H3. The van der Waals surface area contributed by atoms with E-state index in [0.29, 0.717) is 18.6 Å². The summed E-state index contributed by atoms with van der Waals surface area (Å²) in [6.45, 7) is 8.45. The first-order chi connectivity index (χ1) is 7.87. The highest BCUT2D eigenvalue weighted by Crippen LogP contribution is 2.20. The van der Waals surface area contributed by atoms with E-state index in [0.717, 1.165) is 12.8 Å². The molecule has 0 bridgehead atoms. The maximum atomic E-state index is 11.7. The summed E-state index contributed by atoms with van der Waals surface area (Å²) in [6.07, 6.45) is 3.39. The Morgan fingerprint density at radius 2 is 1.94 bits per heavy atom. The van der Waals surface area contributed by atoms with Crippen molar-refractivity contribution in [1.29, 1.82) is 0 Å². The number of Topliss-reactive ketones (excluding diaryl/α,β-unsaturated/α-hetero) is 1. The SMILES string of the molecule is Cc1cccc(CCCC(=O)CC(C)(C)C)c1. The number of carbonyl (C=O) groups excluding carboxylic acids is 1. The second-order valence-corrected chi connectivity index (χ2v) is 6.12. The van der Waals surface area contributed by atoms with Crippen molar-refractivity contribution < 1.29 is 4.79 Å². The number of benzene rings is 1. The fourth-order valence-corrected chi connectivity index (χ4v) is 2.04. The van der Waals surface area contributed by atoms with Crippen molar-refractivity contribution in [3.63, 3.8) is 0 Å². The average molecular weight is 232 g/mol. The van der Waals surface area contributed by atoms with Gasteiger partial charge in [0.15, 0.2) is 0 Å². The molecule has 0 atom stereocenters. The van der Waals surface area contributed by atoms with Gasteiger partial charge >= 0.3 is 0 Å². The van der Waals surface area contributed by atoms with Gasteiger partial charge in [-0.15, -0.1) is 0 Å². The first kappa shape index (κ1) is 14.0. The van der Waals surface area contributed by atoms with Crippen molar-refractivity contribution >= 4 is 5.78 Å². The van der Waals surface area contributed by atoms with Gasteiger partial charge in [0.2, 0.25) is 0 Å². The first-order valence-corrected chi connectivity index (χ1v) is 6.44. The minimum Gasteiger partial charge on any atom is -0.300 e. The molecule has 0 fully saturated rings. The Balaban J connectivity index is 2.31. The van der Waals surface area contributed by atoms with E-state index in [1.54, 1.807) is 0 Å². The molecule has 0 amide bonds.